The molecule has 1 heterocycles. The quantitative estimate of drug-likeness (QED) is 0.553. The van der Waals surface area contributed by atoms with E-state index < -0.39 is 15.9 Å². The minimum absolute atomic E-state index is 0.0220. The summed E-state index contributed by atoms with van der Waals surface area (Å²) < 4.78 is 37.9. The minimum Gasteiger partial charge on any atom is -0.748 e. The van der Waals surface area contributed by atoms with Gasteiger partial charge in [-0.3, -0.25) is 0 Å². The van der Waals surface area contributed by atoms with Gasteiger partial charge in [-0.1, -0.05) is 13.3 Å². The van der Waals surface area contributed by atoms with Crippen molar-refractivity contribution in [3.05, 3.63) is 18.7 Å². The highest BCUT2D eigenvalue weighted by molar-refractivity contribution is 7.85. The van der Waals surface area contributed by atoms with Crippen molar-refractivity contribution < 1.29 is 22.3 Å². The summed E-state index contributed by atoms with van der Waals surface area (Å²) in [6.07, 6.45) is 8.82. The van der Waals surface area contributed by atoms with Gasteiger partial charge in [0.15, 0.2) is 0 Å². The largest absolute Gasteiger partial charge is 0.748 e. The van der Waals surface area contributed by atoms with E-state index in [2.05, 4.69) is 39.5 Å². The van der Waals surface area contributed by atoms with Crippen LogP contribution in [0.25, 0.3) is 0 Å². The number of ether oxygens (including phenoxy) is 1. The third-order valence-corrected chi connectivity index (χ3v) is 2.80. The van der Waals surface area contributed by atoms with Crippen molar-refractivity contribution in [2.45, 2.75) is 26.3 Å². The summed E-state index contributed by atoms with van der Waals surface area (Å²) in [5.41, 5.74) is 0. The number of methoxy groups -OCH3 is 1. The lowest BCUT2D eigenvalue weighted by molar-refractivity contribution is -0.671. The van der Waals surface area contributed by atoms with Crippen molar-refractivity contribution in [1.29, 1.82) is 0 Å². The number of hydrogen-bond acceptors (Lipinski definition) is 4. The van der Waals surface area contributed by atoms with Crippen LogP contribution >= 0.6 is 0 Å². The SMILES string of the molecule is CCCCn1cc[n+](C)c1.COCCS(=O)(=O)[O-]. The Kier molecular flexibility index (Phi) is 8.61. The zero-order chi connectivity index (χ0) is 14.0. The van der Waals surface area contributed by atoms with E-state index in [-0.39, 0.29) is 6.61 Å². The number of rotatable bonds is 6. The molecule has 1 aromatic rings. The predicted octanol–water partition coefficient (Wildman–Crippen LogP) is 0.291. The van der Waals surface area contributed by atoms with E-state index in [4.69, 9.17) is 0 Å². The smallest absolute Gasteiger partial charge is 0.243 e. The molecule has 0 aliphatic heterocycles. The topological polar surface area (TPSA) is 75.2 Å². The molecule has 106 valence electrons. The first-order valence-corrected chi connectivity index (χ1v) is 7.40. The maximum atomic E-state index is 9.75. The lowest BCUT2D eigenvalue weighted by Crippen LogP contribution is -2.23. The van der Waals surface area contributed by atoms with E-state index >= 15 is 0 Å². The van der Waals surface area contributed by atoms with Gasteiger partial charge in [0.2, 0.25) is 6.33 Å². The highest BCUT2D eigenvalue weighted by atomic mass is 32.2. The molecule has 0 N–H and O–H groups in total. The molecule has 0 atom stereocenters. The number of unbranched alkanes of at least 4 members (excludes halogenated alkanes) is 1. The molecular formula is C11H22N2O4S. The molecule has 0 aliphatic carbocycles. The Morgan fingerprint density at radius 2 is 2.11 bits per heavy atom. The predicted molar refractivity (Wildman–Crippen MR) is 67.0 cm³/mol. The van der Waals surface area contributed by atoms with Gasteiger partial charge >= 0.3 is 0 Å². The second-order valence-corrected chi connectivity index (χ2v) is 5.45. The maximum Gasteiger partial charge on any atom is 0.243 e. The second-order valence-electron chi connectivity index (χ2n) is 3.93. The Labute approximate surface area is 109 Å². The molecule has 0 aromatic carbocycles. The highest BCUT2D eigenvalue weighted by Crippen LogP contribution is 1.91. The summed E-state index contributed by atoms with van der Waals surface area (Å²) in [6.45, 7) is 3.34. The molecule has 1 aromatic heterocycles. The Hall–Kier alpha value is -0.920. The van der Waals surface area contributed by atoms with Crippen LogP contribution in [-0.4, -0.2) is 37.0 Å². The van der Waals surface area contributed by atoms with Crippen LogP contribution in [0.2, 0.25) is 0 Å². The van der Waals surface area contributed by atoms with Crippen molar-refractivity contribution in [3.63, 3.8) is 0 Å². The fourth-order valence-corrected chi connectivity index (χ4v) is 1.53. The van der Waals surface area contributed by atoms with Gasteiger partial charge in [-0.15, -0.1) is 0 Å². The summed E-state index contributed by atoms with van der Waals surface area (Å²) in [7, 11) is -0.679. The third kappa shape index (κ3) is 10.2. The van der Waals surface area contributed by atoms with Crippen molar-refractivity contribution in [3.8, 4) is 0 Å². The first kappa shape index (κ1) is 17.1. The van der Waals surface area contributed by atoms with Gasteiger partial charge in [0, 0.05) is 7.11 Å². The summed E-state index contributed by atoms with van der Waals surface area (Å²) in [6, 6.07) is 0. The van der Waals surface area contributed by atoms with E-state index in [9.17, 15) is 13.0 Å². The monoisotopic (exact) mass is 278 g/mol. The molecule has 0 aliphatic rings. The zero-order valence-electron chi connectivity index (χ0n) is 11.2. The van der Waals surface area contributed by atoms with Gasteiger partial charge in [0.1, 0.15) is 12.4 Å². The van der Waals surface area contributed by atoms with E-state index in [0.717, 1.165) is 6.54 Å². The Morgan fingerprint density at radius 3 is 2.44 bits per heavy atom. The van der Waals surface area contributed by atoms with Crippen LogP contribution in [0, 0.1) is 0 Å². The van der Waals surface area contributed by atoms with Gasteiger partial charge in [-0.25, -0.2) is 17.6 Å². The zero-order valence-corrected chi connectivity index (χ0v) is 12.0. The second kappa shape index (κ2) is 9.07. The Bertz CT molecular complexity index is 414. The fourth-order valence-electron chi connectivity index (χ4n) is 1.16. The van der Waals surface area contributed by atoms with Crippen molar-refractivity contribution in [2.24, 2.45) is 7.05 Å². The average molecular weight is 278 g/mol. The summed E-state index contributed by atoms with van der Waals surface area (Å²) in [4.78, 5) is 0. The number of imidazole rings is 1. The van der Waals surface area contributed by atoms with Crippen LogP contribution in [-0.2, 0) is 28.4 Å². The van der Waals surface area contributed by atoms with Crippen LogP contribution in [0.1, 0.15) is 19.8 Å². The van der Waals surface area contributed by atoms with Gasteiger partial charge in [-0.05, 0) is 6.42 Å². The van der Waals surface area contributed by atoms with E-state index in [1.807, 2.05) is 7.05 Å². The number of hydrogen-bond donors (Lipinski definition) is 0. The van der Waals surface area contributed by atoms with E-state index in [0.29, 0.717) is 0 Å². The molecule has 7 heteroatoms. The van der Waals surface area contributed by atoms with Crippen molar-refractivity contribution in [1.82, 2.24) is 4.57 Å². The Balaban J connectivity index is 0.000000331. The molecule has 0 saturated carbocycles. The van der Waals surface area contributed by atoms with E-state index in [1.54, 1.807) is 0 Å². The first-order chi connectivity index (χ1) is 8.39. The van der Waals surface area contributed by atoms with Crippen molar-refractivity contribution in [2.75, 3.05) is 19.5 Å². The van der Waals surface area contributed by atoms with Crippen LogP contribution in [0.15, 0.2) is 18.7 Å². The average Bonchev–Trinajstić information content (AvgIpc) is 2.69. The summed E-state index contributed by atoms with van der Waals surface area (Å²) in [5, 5.41) is 0. The molecule has 0 saturated heterocycles. The molecule has 0 radical (unpaired) electrons. The molecule has 0 amide bonds. The van der Waals surface area contributed by atoms with Crippen LogP contribution in [0.3, 0.4) is 0 Å². The number of nitrogens with zero attached hydrogens (tertiary/aromatic N) is 2. The Morgan fingerprint density at radius 1 is 1.44 bits per heavy atom. The van der Waals surface area contributed by atoms with Gasteiger partial charge in [0.05, 0.1) is 36.1 Å². The normalized spacial score (nSPS) is 10.9. The molecule has 0 spiro atoms. The standard InChI is InChI=1S/C8H15N2.C3H8O4S/c1-3-4-5-10-7-6-9(2)8-10;1-7-2-3-8(4,5)6/h6-8H,3-5H2,1-2H3;2-3H2,1H3,(H,4,5,6)/q+1;/p-1. The molecular weight excluding hydrogens is 256 g/mol. The molecule has 0 fully saturated rings. The van der Waals surface area contributed by atoms with E-state index in [1.165, 1.54) is 20.0 Å². The molecule has 0 bridgehead atoms. The first-order valence-electron chi connectivity index (χ1n) is 5.82. The van der Waals surface area contributed by atoms with Gasteiger partial charge < -0.3 is 9.29 Å². The minimum atomic E-state index is -4.06. The third-order valence-electron chi connectivity index (χ3n) is 2.13. The van der Waals surface area contributed by atoms with Crippen LogP contribution in [0.5, 0.6) is 0 Å². The highest BCUT2D eigenvalue weighted by Gasteiger charge is 1.96. The lowest BCUT2D eigenvalue weighted by Gasteiger charge is -2.03. The van der Waals surface area contributed by atoms with Crippen LogP contribution in [0.4, 0.5) is 0 Å². The number of aromatic nitrogens is 2. The molecule has 1 rings (SSSR count). The van der Waals surface area contributed by atoms with Crippen LogP contribution < -0.4 is 4.57 Å². The van der Waals surface area contributed by atoms with Gasteiger partial charge in [0.25, 0.3) is 0 Å². The molecule has 0 unspecified atom stereocenters. The van der Waals surface area contributed by atoms with Crippen molar-refractivity contribution >= 4 is 10.1 Å². The fraction of sp³-hybridized carbons (Fsp3) is 0.727. The molecule has 6 nitrogen and oxygen atoms in total. The summed E-state index contributed by atoms with van der Waals surface area (Å²) in [5.74, 6) is -0.441. The number of aryl methyl sites for hydroxylation is 2. The summed E-state index contributed by atoms with van der Waals surface area (Å²) >= 11 is 0. The lowest BCUT2D eigenvalue weighted by atomic mass is 10.3. The van der Waals surface area contributed by atoms with Gasteiger partial charge in [-0.2, -0.15) is 0 Å². The maximum absolute atomic E-state index is 9.75. The molecule has 18 heavy (non-hydrogen) atoms.